The van der Waals surface area contributed by atoms with E-state index < -0.39 is 0 Å². The average Bonchev–Trinajstić information content (AvgIpc) is 3.49. The summed E-state index contributed by atoms with van der Waals surface area (Å²) in [5, 5.41) is 8.76. The largest absolute Gasteiger partial charge is 0.334 e. The van der Waals surface area contributed by atoms with Gasteiger partial charge in [-0.05, 0) is 60.4 Å². The number of fused-ring (bicyclic) bond motifs is 1. The zero-order valence-corrected chi connectivity index (χ0v) is 18.4. The first kappa shape index (κ1) is 20.3. The number of benzene rings is 1. The Morgan fingerprint density at radius 1 is 1.22 bits per heavy atom. The van der Waals surface area contributed by atoms with Gasteiger partial charge in [-0.15, -0.1) is 0 Å². The number of hydrogen-bond donors (Lipinski definition) is 0. The lowest BCUT2D eigenvalue weighted by atomic mass is 10.0. The number of pyridine rings is 1. The molecule has 1 aliphatic rings. The number of carbonyl (C=O) groups excluding carboxylic acids is 1. The van der Waals surface area contributed by atoms with Gasteiger partial charge in [-0.1, -0.05) is 28.9 Å². The quantitative estimate of drug-likeness (QED) is 0.314. The number of aromatic nitrogens is 5. The number of carbonyl (C=O) groups is 1. The number of Topliss-reactive ketones (excluding diaryl/α,β-unsaturated/α-hetero) is 1. The summed E-state index contributed by atoms with van der Waals surface area (Å²) in [5.74, 6) is 1.18. The number of nitrogens with zero attached hydrogens (tertiary/aromatic N) is 5. The number of aryl methyl sites for hydroxylation is 3. The van der Waals surface area contributed by atoms with E-state index >= 15 is 0 Å². The minimum absolute atomic E-state index is 0.00473. The van der Waals surface area contributed by atoms with Gasteiger partial charge in [0.2, 0.25) is 0 Å². The molecule has 0 bridgehead atoms. The highest BCUT2D eigenvalue weighted by atomic mass is 35.5. The van der Waals surface area contributed by atoms with Crippen LogP contribution in [-0.2, 0) is 19.9 Å². The number of halogens is 1. The molecular formula is C24H20ClN5O2. The normalized spacial score (nSPS) is 12.7. The molecule has 1 aromatic carbocycles. The molecule has 0 saturated heterocycles. The van der Waals surface area contributed by atoms with Crippen molar-refractivity contribution in [1.29, 1.82) is 0 Å². The summed E-state index contributed by atoms with van der Waals surface area (Å²) in [6, 6.07) is 11.8. The Morgan fingerprint density at radius 3 is 2.88 bits per heavy atom. The third-order valence-corrected chi connectivity index (χ3v) is 5.76. The van der Waals surface area contributed by atoms with E-state index in [1.807, 2.05) is 19.2 Å². The Balaban J connectivity index is 1.35. The highest BCUT2D eigenvalue weighted by Crippen LogP contribution is 2.34. The molecule has 160 valence electrons. The van der Waals surface area contributed by atoms with Crippen LogP contribution in [0.25, 0.3) is 22.9 Å². The van der Waals surface area contributed by atoms with Crippen LogP contribution in [0.5, 0.6) is 0 Å². The van der Waals surface area contributed by atoms with Crippen LogP contribution < -0.4 is 0 Å². The average molecular weight is 446 g/mol. The van der Waals surface area contributed by atoms with Gasteiger partial charge in [-0.3, -0.25) is 9.48 Å². The van der Waals surface area contributed by atoms with E-state index in [0.29, 0.717) is 35.4 Å². The highest BCUT2D eigenvalue weighted by molar-refractivity contribution is 6.29. The molecule has 4 aromatic rings. The summed E-state index contributed by atoms with van der Waals surface area (Å²) in [5.41, 5.74) is 6.64. The van der Waals surface area contributed by atoms with Crippen molar-refractivity contribution >= 4 is 29.0 Å². The standard InChI is InChI=1S/C24H20ClN5O2/c1-14-27-24(32-29-14)19-10-16-4-5-17(11-18(16)12-19)21-13-20(28-30(21)2)22(31)6-3-15-7-8-26-23(25)9-15/h4-5,7-9,11-13H,3,6,10H2,1-2H3. The van der Waals surface area contributed by atoms with Gasteiger partial charge in [0.05, 0.1) is 5.69 Å². The predicted octanol–water partition coefficient (Wildman–Crippen LogP) is 4.74. The molecule has 0 radical (unpaired) electrons. The minimum Gasteiger partial charge on any atom is -0.334 e. The second-order valence-electron chi connectivity index (χ2n) is 7.86. The van der Waals surface area contributed by atoms with Crippen LogP contribution in [0.2, 0.25) is 5.15 Å². The van der Waals surface area contributed by atoms with Gasteiger partial charge >= 0.3 is 0 Å². The van der Waals surface area contributed by atoms with E-state index in [1.165, 1.54) is 5.56 Å². The lowest BCUT2D eigenvalue weighted by molar-refractivity contribution is 0.0977. The fourth-order valence-electron chi connectivity index (χ4n) is 3.92. The molecule has 8 heteroatoms. The molecule has 5 rings (SSSR count). The smallest absolute Gasteiger partial charge is 0.254 e. The van der Waals surface area contributed by atoms with Gasteiger partial charge in [0.15, 0.2) is 11.6 Å². The van der Waals surface area contributed by atoms with Gasteiger partial charge in [0.25, 0.3) is 5.89 Å². The molecule has 0 spiro atoms. The van der Waals surface area contributed by atoms with Crippen molar-refractivity contribution in [3.8, 4) is 11.3 Å². The van der Waals surface area contributed by atoms with E-state index in [4.69, 9.17) is 16.1 Å². The monoisotopic (exact) mass is 445 g/mol. The maximum atomic E-state index is 12.7. The summed E-state index contributed by atoms with van der Waals surface area (Å²) >= 11 is 5.93. The summed E-state index contributed by atoms with van der Waals surface area (Å²) in [6.07, 6.45) is 5.43. The topological polar surface area (TPSA) is 86.7 Å². The Hall–Kier alpha value is -3.58. The van der Waals surface area contributed by atoms with Crippen LogP contribution in [0, 0.1) is 6.92 Å². The molecule has 0 saturated carbocycles. The van der Waals surface area contributed by atoms with E-state index in [9.17, 15) is 4.79 Å². The molecule has 3 heterocycles. The molecule has 0 fully saturated rings. The van der Waals surface area contributed by atoms with Crippen LogP contribution >= 0.6 is 11.6 Å². The first-order valence-corrected chi connectivity index (χ1v) is 10.7. The van der Waals surface area contributed by atoms with Crippen LogP contribution in [0.1, 0.15) is 45.3 Å². The molecule has 0 atom stereocenters. The fourth-order valence-corrected chi connectivity index (χ4v) is 4.11. The van der Waals surface area contributed by atoms with E-state index in [1.54, 1.807) is 23.9 Å². The molecule has 0 amide bonds. The van der Waals surface area contributed by atoms with Crippen molar-refractivity contribution in [3.63, 3.8) is 0 Å². The van der Waals surface area contributed by atoms with Crippen molar-refractivity contribution in [2.24, 2.45) is 7.05 Å². The summed E-state index contributed by atoms with van der Waals surface area (Å²) < 4.78 is 7.06. The number of allylic oxidation sites excluding steroid dienone is 1. The third kappa shape index (κ3) is 3.99. The Labute approximate surface area is 189 Å². The van der Waals surface area contributed by atoms with Crippen LogP contribution in [0.15, 0.2) is 47.1 Å². The van der Waals surface area contributed by atoms with Crippen LogP contribution in [0.3, 0.4) is 0 Å². The van der Waals surface area contributed by atoms with Gasteiger partial charge < -0.3 is 4.52 Å². The molecule has 1 aliphatic carbocycles. The molecule has 0 unspecified atom stereocenters. The van der Waals surface area contributed by atoms with E-state index in [0.717, 1.165) is 34.4 Å². The number of ketones is 1. The Bertz CT molecular complexity index is 1370. The van der Waals surface area contributed by atoms with Crippen LogP contribution in [-0.4, -0.2) is 30.7 Å². The van der Waals surface area contributed by atoms with E-state index in [-0.39, 0.29) is 5.78 Å². The zero-order chi connectivity index (χ0) is 22.2. The van der Waals surface area contributed by atoms with Crippen molar-refractivity contribution in [2.45, 2.75) is 26.2 Å². The molecule has 32 heavy (non-hydrogen) atoms. The van der Waals surface area contributed by atoms with E-state index in [2.05, 4.69) is 44.5 Å². The maximum absolute atomic E-state index is 12.7. The number of rotatable bonds is 6. The van der Waals surface area contributed by atoms with Crippen molar-refractivity contribution in [2.75, 3.05) is 0 Å². The van der Waals surface area contributed by atoms with Crippen molar-refractivity contribution in [1.82, 2.24) is 24.9 Å². The predicted molar refractivity (Wildman–Crippen MR) is 121 cm³/mol. The second-order valence-corrected chi connectivity index (χ2v) is 8.24. The summed E-state index contributed by atoms with van der Waals surface area (Å²) in [4.78, 5) is 21.0. The van der Waals surface area contributed by atoms with Gasteiger partial charge in [0.1, 0.15) is 10.8 Å². The van der Waals surface area contributed by atoms with Gasteiger partial charge in [0, 0.05) is 37.2 Å². The maximum Gasteiger partial charge on any atom is 0.254 e. The van der Waals surface area contributed by atoms with Gasteiger partial charge in [-0.25, -0.2) is 4.98 Å². The molecular weight excluding hydrogens is 426 g/mol. The summed E-state index contributed by atoms with van der Waals surface area (Å²) in [7, 11) is 1.85. The summed E-state index contributed by atoms with van der Waals surface area (Å²) in [6.45, 7) is 1.81. The molecule has 0 N–H and O–H groups in total. The Morgan fingerprint density at radius 2 is 2.09 bits per heavy atom. The fraction of sp³-hybridized carbons (Fsp3) is 0.208. The zero-order valence-electron chi connectivity index (χ0n) is 17.7. The SMILES string of the molecule is Cc1noc(C2=Cc3cc(-c4cc(C(=O)CCc5ccnc(Cl)c5)nn4C)ccc3C2)n1. The number of hydrogen-bond acceptors (Lipinski definition) is 6. The van der Waals surface area contributed by atoms with Crippen LogP contribution in [0.4, 0.5) is 0 Å². The Kier molecular flexibility index (Phi) is 5.19. The first-order chi connectivity index (χ1) is 15.5. The third-order valence-electron chi connectivity index (χ3n) is 5.55. The second kappa shape index (κ2) is 8.16. The minimum atomic E-state index is -0.00473. The molecule has 7 nitrogen and oxygen atoms in total. The molecule has 3 aromatic heterocycles. The van der Waals surface area contributed by atoms with Gasteiger partial charge in [-0.2, -0.15) is 10.1 Å². The lowest BCUT2D eigenvalue weighted by Gasteiger charge is -2.04. The highest BCUT2D eigenvalue weighted by Gasteiger charge is 2.20. The molecule has 0 aliphatic heterocycles. The van der Waals surface area contributed by atoms with Crippen molar-refractivity contribution in [3.05, 3.63) is 81.8 Å². The van der Waals surface area contributed by atoms with Crippen molar-refractivity contribution < 1.29 is 9.32 Å². The lowest BCUT2D eigenvalue weighted by Crippen LogP contribution is -2.03. The first-order valence-electron chi connectivity index (χ1n) is 10.3.